The summed E-state index contributed by atoms with van der Waals surface area (Å²) >= 11 is 0. The normalized spacial score (nSPS) is 16.5. The molecule has 5 heteroatoms. The molecule has 1 aromatic rings. The Morgan fingerprint density at radius 2 is 1.80 bits per heavy atom. The molecule has 1 unspecified atom stereocenters. The molecule has 25 heavy (non-hydrogen) atoms. The maximum Gasteiger partial charge on any atom is 0.338 e. The van der Waals surface area contributed by atoms with Crippen LogP contribution in [0.5, 0.6) is 0 Å². The van der Waals surface area contributed by atoms with Crippen LogP contribution >= 0.6 is 0 Å². The van der Waals surface area contributed by atoms with Crippen molar-refractivity contribution in [1.82, 2.24) is 10.2 Å². The molecule has 0 aromatic heterocycles. The van der Waals surface area contributed by atoms with Gasteiger partial charge in [-0.1, -0.05) is 51.3 Å². The first-order valence-electron chi connectivity index (χ1n) is 9.34. The van der Waals surface area contributed by atoms with E-state index in [0.29, 0.717) is 11.1 Å². The third-order valence-corrected chi connectivity index (χ3v) is 5.04. The Morgan fingerprint density at radius 1 is 1.16 bits per heavy atom. The smallest absolute Gasteiger partial charge is 0.338 e. The van der Waals surface area contributed by atoms with Gasteiger partial charge in [-0.2, -0.15) is 0 Å². The lowest BCUT2D eigenvalue weighted by Gasteiger charge is -2.32. The molecule has 0 saturated heterocycles. The predicted molar refractivity (Wildman–Crippen MR) is 98.5 cm³/mol. The summed E-state index contributed by atoms with van der Waals surface area (Å²) in [6.07, 6.45) is 5.65. The van der Waals surface area contributed by atoms with E-state index in [1.165, 1.54) is 26.4 Å². The SMILES string of the molecule is CCN(CC)C(C(=O)NC1CCCCC1)c1ccccc1C(=O)OC. The van der Waals surface area contributed by atoms with E-state index in [-0.39, 0.29) is 11.9 Å². The third kappa shape index (κ3) is 4.82. The molecule has 1 fully saturated rings. The van der Waals surface area contributed by atoms with Crippen LogP contribution in [0.2, 0.25) is 0 Å². The van der Waals surface area contributed by atoms with Gasteiger partial charge in [0.2, 0.25) is 5.91 Å². The van der Waals surface area contributed by atoms with Gasteiger partial charge in [-0.25, -0.2) is 4.79 Å². The second-order valence-electron chi connectivity index (χ2n) is 6.55. The zero-order chi connectivity index (χ0) is 18.2. The molecule has 0 bridgehead atoms. The summed E-state index contributed by atoms with van der Waals surface area (Å²) in [5.74, 6) is -0.426. The predicted octanol–water partition coefficient (Wildman–Crippen LogP) is 3.31. The van der Waals surface area contributed by atoms with Gasteiger partial charge in [-0.05, 0) is 37.6 Å². The first kappa shape index (κ1) is 19.4. The van der Waals surface area contributed by atoms with Crippen molar-refractivity contribution in [2.75, 3.05) is 20.2 Å². The second-order valence-corrected chi connectivity index (χ2v) is 6.55. The molecule has 1 aliphatic rings. The third-order valence-electron chi connectivity index (χ3n) is 5.04. The van der Waals surface area contributed by atoms with Crippen LogP contribution in [0.25, 0.3) is 0 Å². The minimum atomic E-state index is -0.479. The van der Waals surface area contributed by atoms with Crippen LogP contribution in [0.3, 0.4) is 0 Å². The number of rotatable bonds is 7. The number of benzene rings is 1. The van der Waals surface area contributed by atoms with Crippen molar-refractivity contribution in [2.45, 2.75) is 58.0 Å². The van der Waals surface area contributed by atoms with Crippen LogP contribution in [0.15, 0.2) is 24.3 Å². The van der Waals surface area contributed by atoms with Crippen molar-refractivity contribution in [3.8, 4) is 0 Å². The molecule has 0 radical (unpaired) electrons. The van der Waals surface area contributed by atoms with Crippen LogP contribution in [0, 0.1) is 0 Å². The molecule has 5 nitrogen and oxygen atoms in total. The van der Waals surface area contributed by atoms with Crippen LogP contribution < -0.4 is 5.32 Å². The van der Waals surface area contributed by atoms with Gasteiger partial charge < -0.3 is 10.1 Å². The summed E-state index contributed by atoms with van der Waals surface area (Å²) in [5.41, 5.74) is 1.17. The van der Waals surface area contributed by atoms with Gasteiger partial charge in [-0.3, -0.25) is 9.69 Å². The van der Waals surface area contributed by atoms with E-state index in [4.69, 9.17) is 4.74 Å². The highest BCUT2D eigenvalue weighted by Crippen LogP contribution is 2.26. The van der Waals surface area contributed by atoms with Crippen LogP contribution in [-0.2, 0) is 9.53 Å². The molecule has 1 aromatic carbocycles. The van der Waals surface area contributed by atoms with Crippen LogP contribution in [0.1, 0.15) is 67.9 Å². The molecule has 1 aliphatic carbocycles. The number of nitrogens with one attached hydrogen (secondary N) is 1. The maximum atomic E-state index is 13.1. The Balaban J connectivity index is 2.32. The Hall–Kier alpha value is -1.88. The number of hydrogen-bond donors (Lipinski definition) is 1. The highest BCUT2D eigenvalue weighted by atomic mass is 16.5. The summed E-state index contributed by atoms with van der Waals surface area (Å²) in [6.45, 7) is 5.53. The molecular weight excluding hydrogens is 316 g/mol. The molecular formula is C20H30N2O3. The molecule has 1 atom stereocenters. The fourth-order valence-corrected chi connectivity index (χ4v) is 3.65. The van der Waals surface area contributed by atoms with Crippen molar-refractivity contribution in [3.63, 3.8) is 0 Å². The lowest BCUT2D eigenvalue weighted by Crippen LogP contribution is -2.45. The summed E-state index contributed by atoms with van der Waals surface area (Å²) in [4.78, 5) is 27.4. The quantitative estimate of drug-likeness (QED) is 0.770. The average Bonchev–Trinajstić information content (AvgIpc) is 2.66. The number of carbonyl (C=O) groups excluding carboxylic acids is 2. The lowest BCUT2D eigenvalue weighted by atomic mass is 9.93. The summed E-state index contributed by atoms with van der Waals surface area (Å²) in [6, 6.07) is 7.01. The zero-order valence-corrected chi connectivity index (χ0v) is 15.6. The lowest BCUT2D eigenvalue weighted by molar-refractivity contribution is -0.127. The fourth-order valence-electron chi connectivity index (χ4n) is 3.65. The molecule has 0 aliphatic heterocycles. The Bertz CT molecular complexity index is 578. The van der Waals surface area contributed by atoms with Crippen molar-refractivity contribution >= 4 is 11.9 Å². The van der Waals surface area contributed by atoms with Gasteiger partial charge >= 0.3 is 5.97 Å². The largest absolute Gasteiger partial charge is 0.465 e. The number of methoxy groups -OCH3 is 1. The molecule has 2 rings (SSSR count). The minimum absolute atomic E-state index is 0.0213. The number of nitrogens with zero attached hydrogens (tertiary/aromatic N) is 1. The van der Waals surface area contributed by atoms with E-state index in [0.717, 1.165) is 25.9 Å². The van der Waals surface area contributed by atoms with Crippen molar-refractivity contribution in [3.05, 3.63) is 35.4 Å². The molecule has 1 saturated carbocycles. The number of hydrogen-bond acceptors (Lipinski definition) is 4. The van der Waals surface area contributed by atoms with E-state index in [9.17, 15) is 9.59 Å². The van der Waals surface area contributed by atoms with Gasteiger partial charge in [0, 0.05) is 6.04 Å². The van der Waals surface area contributed by atoms with Crippen molar-refractivity contribution in [1.29, 1.82) is 0 Å². The molecule has 0 spiro atoms. The van der Waals surface area contributed by atoms with Crippen LogP contribution in [0.4, 0.5) is 0 Å². The van der Waals surface area contributed by atoms with Crippen molar-refractivity contribution in [2.24, 2.45) is 0 Å². The number of amides is 1. The first-order chi connectivity index (χ1) is 12.1. The highest BCUT2D eigenvalue weighted by Gasteiger charge is 2.31. The highest BCUT2D eigenvalue weighted by molar-refractivity contribution is 5.94. The molecule has 1 N–H and O–H groups in total. The number of esters is 1. The Labute approximate surface area is 150 Å². The average molecular weight is 346 g/mol. The monoisotopic (exact) mass is 346 g/mol. The second kappa shape index (κ2) is 9.56. The topological polar surface area (TPSA) is 58.6 Å². The van der Waals surface area contributed by atoms with Crippen molar-refractivity contribution < 1.29 is 14.3 Å². The van der Waals surface area contributed by atoms with E-state index in [1.54, 1.807) is 12.1 Å². The maximum absolute atomic E-state index is 13.1. The van der Waals surface area contributed by atoms with Crippen LogP contribution in [-0.4, -0.2) is 43.0 Å². The number of ether oxygens (including phenoxy) is 1. The molecule has 1 amide bonds. The molecule has 0 heterocycles. The van der Waals surface area contributed by atoms with E-state index >= 15 is 0 Å². The zero-order valence-electron chi connectivity index (χ0n) is 15.6. The minimum Gasteiger partial charge on any atom is -0.465 e. The summed E-state index contributed by atoms with van der Waals surface area (Å²) < 4.78 is 4.91. The van der Waals surface area contributed by atoms with Gasteiger partial charge in [0.1, 0.15) is 6.04 Å². The van der Waals surface area contributed by atoms with Gasteiger partial charge in [-0.15, -0.1) is 0 Å². The van der Waals surface area contributed by atoms with Gasteiger partial charge in [0.05, 0.1) is 12.7 Å². The number of carbonyl (C=O) groups is 2. The summed E-state index contributed by atoms with van der Waals surface area (Å²) in [7, 11) is 1.37. The van der Waals surface area contributed by atoms with E-state index < -0.39 is 12.0 Å². The van der Waals surface area contributed by atoms with E-state index in [1.807, 2.05) is 26.0 Å². The fraction of sp³-hybridized carbons (Fsp3) is 0.600. The van der Waals surface area contributed by atoms with E-state index in [2.05, 4.69) is 10.2 Å². The standard InChI is InChI=1S/C20H30N2O3/c1-4-22(5-2)18(19(23)21-15-11-7-6-8-12-15)16-13-9-10-14-17(16)20(24)25-3/h9-10,13-15,18H,4-8,11-12H2,1-3H3,(H,21,23). The van der Waals surface area contributed by atoms with Gasteiger partial charge in [0.15, 0.2) is 0 Å². The number of likely N-dealkylation sites (N-methyl/N-ethyl adjacent to an activating group) is 1. The Kier molecular flexibility index (Phi) is 7.44. The first-order valence-corrected chi connectivity index (χ1v) is 9.34. The Morgan fingerprint density at radius 3 is 2.40 bits per heavy atom. The summed E-state index contributed by atoms with van der Waals surface area (Å²) in [5, 5.41) is 3.22. The molecule has 138 valence electrons. The van der Waals surface area contributed by atoms with Gasteiger partial charge in [0.25, 0.3) is 0 Å².